The molecule has 6 nitrogen and oxygen atoms in total. The van der Waals surface area contributed by atoms with E-state index in [1.54, 1.807) is 11.8 Å². The molecule has 1 aromatic carbocycles. The number of piperidine rings is 1. The Kier molecular flexibility index (Phi) is 6.25. The summed E-state index contributed by atoms with van der Waals surface area (Å²) in [6.45, 7) is 6.45. The third-order valence-corrected chi connectivity index (χ3v) is 5.37. The molecule has 0 saturated carbocycles. The SMILES string of the molecule is CCOC(=O)N1CCC(C(=O)N2CCN(c3cccc(Cl)c3)CC2)CC1. The van der Waals surface area contributed by atoms with Crippen molar-refractivity contribution in [3.8, 4) is 0 Å². The van der Waals surface area contributed by atoms with Gasteiger partial charge in [-0.25, -0.2) is 4.79 Å². The van der Waals surface area contributed by atoms with E-state index in [1.165, 1.54) is 0 Å². The fourth-order valence-corrected chi connectivity index (χ4v) is 3.82. The van der Waals surface area contributed by atoms with Gasteiger partial charge in [-0.05, 0) is 38.0 Å². The molecule has 0 spiro atoms. The van der Waals surface area contributed by atoms with Crippen molar-refractivity contribution < 1.29 is 14.3 Å². The van der Waals surface area contributed by atoms with E-state index in [1.807, 2.05) is 23.1 Å². The highest BCUT2D eigenvalue weighted by atomic mass is 35.5. The number of anilines is 1. The van der Waals surface area contributed by atoms with Crippen LogP contribution in [-0.4, -0.2) is 67.7 Å². The number of halogens is 1. The number of amides is 2. The van der Waals surface area contributed by atoms with Crippen LogP contribution in [0.4, 0.5) is 10.5 Å². The molecule has 142 valence electrons. The van der Waals surface area contributed by atoms with Gasteiger partial charge in [-0.15, -0.1) is 0 Å². The first kappa shape index (κ1) is 18.8. The first-order valence-corrected chi connectivity index (χ1v) is 9.67. The second-order valence-corrected chi connectivity index (χ2v) is 7.19. The molecule has 7 heteroatoms. The third kappa shape index (κ3) is 4.41. The highest BCUT2D eigenvalue weighted by molar-refractivity contribution is 6.30. The van der Waals surface area contributed by atoms with Crippen LogP contribution in [0.5, 0.6) is 0 Å². The second kappa shape index (κ2) is 8.62. The van der Waals surface area contributed by atoms with Gasteiger partial charge >= 0.3 is 6.09 Å². The average molecular weight is 380 g/mol. The molecule has 2 aliphatic rings. The number of carbonyl (C=O) groups is 2. The number of likely N-dealkylation sites (tertiary alicyclic amines) is 1. The van der Waals surface area contributed by atoms with Crippen LogP contribution >= 0.6 is 11.6 Å². The van der Waals surface area contributed by atoms with E-state index < -0.39 is 0 Å². The Hall–Kier alpha value is -1.95. The fourth-order valence-electron chi connectivity index (χ4n) is 3.64. The number of piperazine rings is 1. The molecule has 0 radical (unpaired) electrons. The van der Waals surface area contributed by atoms with Crippen LogP contribution in [-0.2, 0) is 9.53 Å². The number of hydrogen-bond donors (Lipinski definition) is 0. The Morgan fingerprint density at radius 2 is 1.77 bits per heavy atom. The van der Waals surface area contributed by atoms with Gasteiger partial charge in [-0.2, -0.15) is 0 Å². The van der Waals surface area contributed by atoms with E-state index in [0.29, 0.717) is 32.5 Å². The van der Waals surface area contributed by atoms with Crippen molar-refractivity contribution >= 4 is 29.3 Å². The number of benzene rings is 1. The van der Waals surface area contributed by atoms with Crippen LogP contribution in [0.3, 0.4) is 0 Å². The van der Waals surface area contributed by atoms with E-state index in [9.17, 15) is 9.59 Å². The van der Waals surface area contributed by atoms with Gasteiger partial charge in [-0.3, -0.25) is 4.79 Å². The van der Waals surface area contributed by atoms with Gasteiger partial charge < -0.3 is 19.4 Å². The summed E-state index contributed by atoms with van der Waals surface area (Å²) >= 11 is 6.07. The average Bonchev–Trinajstić information content (AvgIpc) is 2.68. The van der Waals surface area contributed by atoms with E-state index in [-0.39, 0.29) is 17.9 Å². The molecule has 0 atom stereocenters. The van der Waals surface area contributed by atoms with Crippen molar-refractivity contribution in [3.63, 3.8) is 0 Å². The molecule has 2 fully saturated rings. The second-order valence-electron chi connectivity index (χ2n) is 6.75. The van der Waals surface area contributed by atoms with E-state index in [2.05, 4.69) is 11.0 Å². The van der Waals surface area contributed by atoms with Crippen molar-refractivity contribution in [1.29, 1.82) is 0 Å². The molecule has 2 aliphatic heterocycles. The molecular formula is C19H26ClN3O3. The number of nitrogens with zero attached hydrogens (tertiary/aromatic N) is 3. The summed E-state index contributed by atoms with van der Waals surface area (Å²) in [6.07, 6.45) is 1.16. The lowest BCUT2D eigenvalue weighted by atomic mass is 9.95. The molecule has 0 bridgehead atoms. The molecular weight excluding hydrogens is 354 g/mol. The van der Waals surface area contributed by atoms with Crippen LogP contribution in [0.25, 0.3) is 0 Å². The van der Waals surface area contributed by atoms with E-state index in [0.717, 1.165) is 36.9 Å². The van der Waals surface area contributed by atoms with Crippen LogP contribution < -0.4 is 4.90 Å². The van der Waals surface area contributed by atoms with Gasteiger partial charge in [0.25, 0.3) is 0 Å². The third-order valence-electron chi connectivity index (χ3n) is 5.13. The van der Waals surface area contributed by atoms with Gasteiger partial charge in [0.1, 0.15) is 0 Å². The van der Waals surface area contributed by atoms with Crippen LogP contribution in [0.2, 0.25) is 5.02 Å². The smallest absolute Gasteiger partial charge is 0.409 e. The van der Waals surface area contributed by atoms with Gasteiger partial charge in [0.15, 0.2) is 0 Å². The van der Waals surface area contributed by atoms with Crippen LogP contribution in [0, 0.1) is 5.92 Å². The maximum absolute atomic E-state index is 12.8. The highest BCUT2D eigenvalue weighted by Crippen LogP contribution is 2.24. The summed E-state index contributed by atoms with van der Waals surface area (Å²) in [5, 5.41) is 0.731. The monoisotopic (exact) mass is 379 g/mol. The van der Waals surface area contributed by atoms with Gasteiger partial charge in [0.05, 0.1) is 6.61 Å². The summed E-state index contributed by atoms with van der Waals surface area (Å²) in [5.74, 6) is 0.234. The molecule has 0 N–H and O–H groups in total. The van der Waals surface area contributed by atoms with Crippen molar-refractivity contribution in [2.45, 2.75) is 19.8 Å². The molecule has 2 amide bonds. The Morgan fingerprint density at radius 3 is 2.38 bits per heavy atom. The normalized spacial score (nSPS) is 18.8. The standard InChI is InChI=1S/C19H26ClN3O3/c1-2-26-19(25)23-8-6-15(7-9-23)18(24)22-12-10-21(11-13-22)17-5-3-4-16(20)14-17/h3-5,14-15H,2,6-13H2,1H3. The molecule has 0 aliphatic carbocycles. The van der Waals surface area contributed by atoms with Gasteiger partial charge in [0.2, 0.25) is 5.91 Å². The Labute approximate surface area is 159 Å². The lowest BCUT2D eigenvalue weighted by molar-refractivity contribution is -0.137. The molecule has 0 aromatic heterocycles. The van der Waals surface area contributed by atoms with Gasteiger partial charge in [-0.1, -0.05) is 17.7 Å². The topological polar surface area (TPSA) is 53.1 Å². The summed E-state index contributed by atoms with van der Waals surface area (Å²) in [5.41, 5.74) is 1.10. The van der Waals surface area contributed by atoms with E-state index in [4.69, 9.17) is 16.3 Å². The first-order valence-electron chi connectivity index (χ1n) is 9.29. The number of ether oxygens (including phenoxy) is 1. The summed E-state index contributed by atoms with van der Waals surface area (Å²) in [4.78, 5) is 30.5. The molecule has 26 heavy (non-hydrogen) atoms. The largest absolute Gasteiger partial charge is 0.450 e. The first-order chi connectivity index (χ1) is 12.6. The predicted octanol–water partition coefficient (Wildman–Crippen LogP) is 2.86. The number of rotatable bonds is 3. The number of carbonyl (C=O) groups excluding carboxylic acids is 2. The van der Waals surface area contributed by atoms with E-state index >= 15 is 0 Å². The summed E-state index contributed by atoms with van der Waals surface area (Å²) in [7, 11) is 0. The molecule has 2 saturated heterocycles. The lowest BCUT2D eigenvalue weighted by Crippen LogP contribution is -2.52. The molecule has 3 rings (SSSR count). The van der Waals surface area contributed by atoms with Crippen LogP contribution in [0.15, 0.2) is 24.3 Å². The van der Waals surface area contributed by atoms with Crippen molar-refractivity contribution in [1.82, 2.24) is 9.80 Å². The lowest BCUT2D eigenvalue weighted by Gasteiger charge is -2.39. The zero-order valence-corrected chi connectivity index (χ0v) is 16.0. The molecule has 0 unspecified atom stereocenters. The zero-order chi connectivity index (χ0) is 18.5. The minimum Gasteiger partial charge on any atom is -0.450 e. The fraction of sp³-hybridized carbons (Fsp3) is 0.579. The molecule has 1 aromatic rings. The maximum Gasteiger partial charge on any atom is 0.409 e. The van der Waals surface area contributed by atoms with Crippen LogP contribution in [0.1, 0.15) is 19.8 Å². The summed E-state index contributed by atoms with van der Waals surface area (Å²) in [6, 6.07) is 7.83. The highest BCUT2D eigenvalue weighted by Gasteiger charge is 2.32. The van der Waals surface area contributed by atoms with Crippen molar-refractivity contribution in [3.05, 3.63) is 29.3 Å². The summed E-state index contributed by atoms with van der Waals surface area (Å²) < 4.78 is 5.03. The van der Waals surface area contributed by atoms with Crippen molar-refractivity contribution in [2.24, 2.45) is 5.92 Å². The minimum absolute atomic E-state index is 0.0124. The Bertz CT molecular complexity index is 639. The Balaban J connectivity index is 1.48. The zero-order valence-electron chi connectivity index (χ0n) is 15.2. The number of hydrogen-bond acceptors (Lipinski definition) is 4. The predicted molar refractivity (Wildman–Crippen MR) is 102 cm³/mol. The minimum atomic E-state index is -0.270. The maximum atomic E-state index is 12.8. The van der Waals surface area contributed by atoms with Crippen molar-refractivity contribution in [2.75, 3.05) is 50.8 Å². The van der Waals surface area contributed by atoms with Gasteiger partial charge in [0, 0.05) is 55.9 Å². The quantitative estimate of drug-likeness (QED) is 0.810. The Morgan fingerprint density at radius 1 is 1.08 bits per heavy atom. The molecule has 2 heterocycles.